The Balaban J connectivity index is 2.87. The van der Waals surface area contributed by atoms with Gasteiger partial charge in [0.1, 0.15) is 5.75 Å². The third kappa shape index (κ3) is 3.03. The van der Waals surface area contributed by atoms with Gasteiger partial charge in [0.2, 0.25) is 0 Å². The summed E-state index contributed by atoms with van der Waals surface area (Å²) in [5.41, 5.74) is -0.121. The van der Waals surface area contributed by atoms with E-state index in [1.54, 1.807) is 5.32 Å². The SMILES string of the molecule is COc1ccc(NC(=O)C(F)(F)F)c(Cl)c1. The topological polar surface area (TPSA) is 38.3 Å². The van der Waals surface area contributed by atoms with Crippen LogP contribution in [0.25, 0.3) is 0 Å². The van der Waals surface area contributed by atoms with E-state index in [2.05, 4.69) is 0 Å². The second-order valence-electron chi connectivity index (χ2n) is 2.80. The lowest BCUT2D eigenvalue weighted by Crippen LogP contribution is -2.30. The standard InChI is InChI=1S/C9H7ClF3NO2/c1-16-5-2-3-7(6(10)4-5)14-8(15)9(11,12)13/h2-4H,1H3,(H,14,15). The number of anilines is 1. The Morgan fingerprint density at radius 2 is 2.06 bits per heavy atom. The Kier molecular flexibility index (Phi) is 3.64. The molecule has 0 unspecified atom stereocenters. The molecule has 1 rings (SSSR count). The molecule has 0 radical (unpaired) electrons. The summed E-state index contributed by atoms with van der Waals surface area (Å²) < 4.78 is 40.6. The lowest BCUT2D eigenvalue weighted by molar-refractivity contribution is -0.167. The number of carbonyl (C=O) groups excluding carboxylic acids is 1. The molecule has 0 heterocycles. The van der Waals surface area contributed by atoms with E-state index in [1.165, 1.54) is 25.3 Å². The van der Waals surface area contributed by atoms with Gasteiger partial charge in [-0.2, -0.15) is 13.2 Å². The molecule has 1 aromatic rings. The van der Waals surface area contributed by atoms with E-state index in [0.717, 1.165) is 0 Å². The highest BCUT2D eigenvalue weighted by Gasteiger charge is 2.38. The summed E-state index contributed by atoms with van der Waals surface area (Å²) in [6.07, 6.45) is -4.94. The molecule has 0 fully saturated rings. The average Bonchev–Trinajstić information content (AvgIpc) is 2.19. The van der Waals surface area contributed by atoms with Crippen LogP contribution in [0.15, 0.2) is 18.2 Å². The minimum atomic E-state index is -4.94. The average molecular weight is 254 g/mol. The minimum absolute atomic E-state index is 0.0306. The fraction of sp³-hybridized carbons (Fsp3) is 0.222. The van der Waals surface area contributed by atoms with E-state index < -0.39 is 12.1 Å². The number of amides is 1. The first-order valence-electron chi connectivity index (χ1n) is 4.06. The fourth-order valence-electron chi connectivity index (χ4n) is 0.917. The van der Waals surface area contributed by atoms with Crippen LogP contribution in [0.5, 0.6) is 5.75 Å². The van der Waals surface area contributed by atoms with Gasteiger partial charge in [-0.1, -0.05) is 11.6 Å². The van der Waals surface area contributed by atoms with Crippen molar-refractivity contribution in [2.45, 2.75) is 6.18 Å². The Morgan fingerprint density at radius 3 is 2.50 bits per heavy atom. The van der Waals surface area contributed by atoms with Gasteiger partial charge in [0.25, 0.3) is 0 Å². The lowest BCUT2D eigenvalue weighted by Gasteiger charge is -2.10. The van der Waals surface area contributed by atoms with Crippen LogP contribution in [0, 0.1) is 0 Å². The molecule has 7 heteroatoms. The molecule has 1 amide bonds. The predicted octanol–water partition coefficient (Wildman–Crippen LogP) is 2.85. The Morgan fingerprint density at radius 1 is 1.44 bits per heavy atom. The van der Waals surface area contributed by atoms with Crippen molar-refractivity contribution in [2.75, 3.05) is 12.4 Å². The smallest absolute Gasteiger partial charge is 0.471 e. The summed E-state index contributed by atoms with van der Waals surface area (Å²) in [4.78, 5) is 10.6. The van der Waals surface area contributed by atoms with Crippen molar-refractivity contribution in [1.29, 1.82) is 0 Å². The van der Waals surface area contributed by atoms with E-state index in [-0.39, 0.29) is 10.7 Å². The molecule has 88 valence electrons. The van der Waals surface area contributed by atoms with Crippen molar-refractivity contribution in [1.82, 2.24) is 0 Å². The number of halogens is 4. The molecule has 0 aliphatic carbocycles. The first kappa shape index (κ1) is 12.6. The molecule has 0 saturated heterocycles. The number of carbonyl (C=O) groups is 1. The van der Waals surface area contributed by atoms with Crippen LogP contribution in [0.3, 0.4) is 0 Å². The first-order valence-corrected chi connectivity index (χ1v) is 4.44. The van der Waals surface area contributed by atoms with Crippen molar-refractivity contribution in [3.8, 4) is 5.75 Å². The first-order chi connectivity index (χ1) is 7.34. The molecule has 0 bridgehead atoms. The monoisotopic (exact) mass is 253 g/mol. The van der Waals surface area contributed by atoms with E-state index in [1.807, 2.05) is 0 Å². The molecular weight excluding hydrogens is 247 g/mol. The summed E-state index contributed by atoms with van der Waals surface area (Å²) in [7, 11) is 1.39. The number of nitrogens with one attached hydrogen (secondary N) is 1. The van der Waals surface area contributed by atoms with E-state index in [0.29, 0.717) is 5.75 Å². The van der Waals surface area contributed by atoms with Gasteiger partial charge in [-0.25, -0.2) is 0 Å². The van der Waals surface area contributed by atoms with Gasteiger partial charge in [-0.3, -0.25) is 4.79 Å². The molecule has 0 aliphatic heterocycles. The molecule has 0 atom stereocenters. The van der Waals surface area contributed by atoms with Crippen LogP contribution in [-0.2, 0) is 4.79 Å². The quantitative estimate of drug-likeness (QED) is 0.880. The van der Waals surface area contributed by atoms with Gasteiger partial charge < -0.3 is 10.1 Å². The molecular formula is C9H7ClF3NO2. The maximum atomic E-state index is 11.9. The normalized spacial score (nSPS) is 11.1. The van der Waals surface area contributed by atoms with Crippen molar-refractivity contribution in [3.63, 3.8) is 0 Å². The highest BCUT2D eigenvalue weighted by Crippen LogP contribution is 2.28. The number of rotatable bonds is 2. The Hall–Kier alpha value is -1.43. The number of benzene rings is 1. The van der Waals surface area contributed by atoms with Crippen LogP contribution >= 0.6 is 11.6 Å². The van der Waals surface area contributed by atoms with Gasteiger partial charge in [0.15, 0.2) is 0 Å². The van der Waals surface area contributed by atoms with Gasteiger partial charge in [-0.15, -0.1) is 0 Å². The zero-order valence-electron chi connectivity index (χ0n) is 8.06. The number of ether oxygens (including phenoxy) is 1. The van der Waals surface area contributed by atoms with Crippen molar-refractivity contribution < 1.29 is 22.7 Å². The second kappa shape index (κ2) is 4.61. The Labute approximate surface area is 94.2 Å². The van der Waals surface area contributed by atoms with Gasteiger partial charge >= 0.3 is 12.1 Å². The van der Waals surface area contributed by atoms with E-state index in [9.17, 15) is 18.0 Å². The summed E-state index contributed by atoms with van der Waals surface area (Å²) >= 11 is 5.64. The van der Waals surface area contributed by atoms with Crippen LogP contribution in [0.4, 0.5) is 18.9 Å². The van der Waals surface area contributed by atoms with Crippen LogP contribution < -0.4 is 10.1 Å². The zero-order chi connectivity index (χ0) is 12.3. The zero-order valence-corrected chi connectivity index (χ0v) is 8.82. The second-order valence-corrected chi connectivity index (χ2v) is 3.20. The van der Waals surface area contributed by atoms with Crippen LogP contribution in [-0.4, -0.2) is 19.2 Å². The number of methoxy groups -OCH3 is 1. The molecule has 0 spiro atoms. The third-order valence-corrected chi connectivity index (χ3v) is 1.99. The highest BCUT2D eigenvalue weighted by molar-refractivity contribution is 6.33. The molecule has 1 aromatic carbocycles. The van der Waals surface area contributed by atoms with Crippen LogP contribution in [0.2, 0.25) is 5.02 Å². The number of alkyl halides is 3. The minimum Gasteiger partial charge on any atom is -0.497 e. The maximum absolute atomic E-state index is 11.9. The molecule has 0 aliphatic rings. The fourth-order valence-corrected chi connectivity index (χ4v) is 1.14. The molecule has 16 heavy (non-hydrogen) atoms. The molecule has 1 N–H and O–H groups in total. The highest BCUT2D eigenvalue weighted by atomic mass is 35.5. The Bertz CT molecular complexity index is 406. The van der Waals surface area contributed by atoms with Crippen molar-refractivity contribution >= 4 is 23.2 Å². The summed E-state index contributed by atoms with van der Waals surface area (Å²) in [6.45, 7) is 0. The van der Waals surface area contributed by atoms with E-state index >= 15 is 0 Å². The molecule has 0 saturated carbocycles. The van der Waals surface area contributed by atoms with Crippen molar-refractivity contribution in [2.24, 2.45) is 0 Å². The summed E-state index contributed by atoms with van der Waals surface area (Å²) in [6, 6.07) is 3.91. The number of hydrogen-bond donors (Lipinski definition) is 1. The van der Waals surface area contributed by atoms with Gasteiger partial charge in [-0.05, 0) is 12.1 Å². The van der Waals surface area contributed by atoms with Crippen LogP contribution in [0.1, 0.15) is 0 Å². The molecule has 0 aromatic heterocycles. The van der Waals surface area contributed by atoms with Gasteiger partial charge in [0.05, 0.1) is 17.8 Å². The third-order valence-electron chi connectivity index (χ3n) is 1.68. The lowest BCUT2D eigenvalue weighted by atomic mass is 10.3. The predicted molar refractivity (Wildman–Crippen MR) is 52.7 cm³/mol. The summed E-state index contributed by atoms with van der Waals surface area (Å²) in [5, 5.41) is 1.62. The summed E-state index contributed by atoms with van der Waals surface area (Å²) in [5.74, 6) is -1.69. The largest absolute Gasteiger partial charge is 0.497 e. The molecule has 3 nitrogen and oxygen atoms in total. The maximum Gasteiger partial charge on any atom is 0.471 e. The van der Waals surface area contributed by atoms with E-state index in [4.69, 9.17) is 16.3 Å². The van der Waals surface area contributed by atoms with Crippen molar-refractivity contribution in [3.05, 3.63) is 23.2 Å². The number of hydrogen-bond acceptors (Lipinski definition) is 2. The van der Waals surface area contributed by atoms with Gasteiger partial charge in [0, 0.05) is 6.07 Å².